The molecular weight excluding hydrogens is 468 g/mol. The molecule has 186 valence electrons. The Labute approximate surface area is 210 Å². The quantitative estimate of drug-likeness (QED) is 0.396. The van der Waals surface area contributed by atoms with Crippen molar-refractivity contribution in [2.75, 3.05) is 43.1 Å². The maximum absolute atomic E-state index is 12.0. The van der Waals surface area contributed by atoms with E-state index in [1.54, 1.807) is 12.4 Å². The van der Waals surface area contributed by atoms with Crippen LogP contribution in [-0.2, 0) is 16.0 Å². The van der Waals surface area contributed by atoms with Gasteiger partial charge in [0.05, 0.1) is 10.9 Å². The Hall–Kier alpha value is -3.17. The zero-order chi connectivity index (χ0) is 24.5. The standard InChI is InChI=1S/C25H31ClN6O3/c1-2-34-15-5-11-28-25(33)35-19-9-13-32(14-10-19)23-20-17-30-24(31-22(20)8-12-27-23)29-16-18-6-3-4-7-21(18)26/h3-4,6-8,12,17,19H,2,5,9-11,13-16H2,1H3,(H,28,33)(H,29,30,31). The Bertz CT molecular complexity index is 1120. The first-order valence-corrected chi connectivity index (χ1v) is 12.4. The molecule has 0 aliphatic carbocycles. The average Bonchev–Trinajstić information content (AvgIpc) is 2.88. The average molecular weight is 499 g/mol. The first kappa shape index (κ1) is 24.9. The number of hydrogen-bond donors (Lipinski definition) is 2. The van der Waals surface area contributed by atoms with Crippen molar-refractivity contribution >= 4 is 40.4 Å². The van der Waals surface area contributed by atoms with Crippen LogP contribution in [0.2, 0.25) is 5.02 Å². The van der Waals surface area contributed by atoms with Gasteiger partial charge in [0, 0.05) is 69.7 Å². The van der Waals surface area contributed by atoms with Crippen LogP contribution in [0.1, 0.15) is 31.7 Å². The topological polar surface area (TPSA) is 102 Å². The van der Waals surface area contributed by atoms with Crippen LogP contribution in [0, 0.1) is 0 Å². The van der Waals surface area contributed by atoms with Gasteiger partial charge >= 0.3 is 6.09 Å². The molecule has 35 heavy (non-hydrogen) atoms. The van der Waals surface area contributed by atoms with Gasteiger partial charge in [-0.3, -0.25) is 0 Å². The largest absolute Gasteiger partial charge is 0.446 e. The van der Waals surface area contributed by atoms with E-state index >= 15 is 0 Å². The molecule has 1 saturated heterocycles. The lowest BCUT2D eigenvalue weighted by atomic mass is 10.1. The van der Waals surface area contributed by atoms with Gasteiger partial charge in [0.15, 0.2) is 0 Å². The van der Waals surface area contributed by atoms with E-state index in [4.69, 9.17) is 21.1 Å². The maximum atomic E-state index is 12.0. The lowest BCUT2D eigenvalue weighted by Crippen LogP contribution is -2.40. The van der Waals surface area contributed by atoms with E-state index < -0.39 is 0 Å². The van der Waals surface area contributed by atoms with Crippen LogP contribution >= 0.6 is 11.6 Å². The summed E-state index contributed by atoms with van der Waals surface area (Å²) in [5, 5.41) is 7.63. The highest BCUT2D eigenvalue weighted by Gasteiger charge is 2.24. The third-order valence-electron chi connectivity index (χ3n) is 5.84. The summed E-state index contributed by atoms with van der Waals surface area (Å²) in [5.41, 5.74) is 1.80. The van der Waals surface area contributed by atoms with Gasteiger partial charge in [-0.2, -0.15) is 0 Å². The number of benzene rings is 1. The monoisotopic (exact) mass is 498 g/mol. The van der Waals surface area contributed by atoms with Gasteiger partial charge in [-0.25, -0.2) is 19.7 Å². The van der Waals surface area contributed by atoms with Crippen LogP contribution < -0.4 is 15.5 Å². The van der Waals surface area contributed by atoms with Crippen molar-refractivity contribution in [3.63, 3.8) is 0 Å². The Morgan fingerprint density at radius 2 is 2.03 bits per heavy atom. The van der Waals surface area contributed by atoms with Crippen molar-refractivity contribution in [3.8, 4) is 0 Å². The fraction of sp³-hybridized carbons (Fsp3) is 0.440. The van der Waals surface area contributed by atoms with E-state index in [0.717, 1.165) is 54.6 Å². The van der Waals surface area contributed by atoms with E-state index in [0.29, 0.717) is 37.3 Å². The summed E-state index contributed by atoms with van der Waals surface area (Å²) in [5.74, 6) is 1.38. The SMILES string of the molecule is CCOCCCNC(=O)OC1CCN(c2nccc3nc(NCc4ccccc4Cl)ncc23)CC1. The molecule has 1 aromatic carbocycles. The molecule has 4 rings (SSSR count). The van der Waals surface area contributed by atoms with E-state index in [1.165, 1.54) is 0 Å². The molecule has 1 aliphatic heterocycles. The van der Waals surface area contributed by atoms with Gasteiger partial charge in [0.2, 0.25) is 5.95 Å². The number of fused-ring (bicyclic) bond motifs is 1. The number of alkyl carbamates (subject to hydrolysis) is 1. The number of ether oxygens (including phenoxy) is 2. The van der Waals surface area contributed by atoms with Crippen molar-refractivity contribution in [2.24, 2.45) is 0 Å². The van der Waals surface area contributed by atoms with Crippen LogP contribution in [0.3, 0.4) is 0 Å². The number of anilines is 2. The highest BCUT2D eigenvalue weighted by atomic mass is 35.5. The number of halogens is 1. The number of rotatable bonds is 10. The number of piperidine rings is 1. The van der Waals surface area contributed by atoms with Crippen LogP contribution in [-0.4, -0.2) is 60.0 Å². The summed E-state index contributed by atoms with van der Waals surface area (Å²) in [6.45, 7) is 5.83. The highest BCUT2D eigenvalue weighted by molar-refractivity contribution is 6.31. The molecule has 3 aromatic rings. The summed E-state index contributed by atoms with van der Waals surface area (Å²) < 4.78 is 10.8. The second-order valence-electron chi connectivity index (χ2n) is 8.27. The van der Waals surface area contributed by atoms with Gasteiger partial charge in [0.25, 0.3) is 0 Å². The summed E-state index contributed by atoms with van der Waals surface area (Å²) in [6, 6.07) is 9.57. The zero-order valence-corrected chi connectivity index (χ0v) is 20.6. The first-order chi connectivity index (χ1) is 17.1. The van der Waals surface area contributed by atoms with E-state index in [-0.39, 0.29) is 12.2 Å². The number of nitrogens with one attached hydrogen (secondary N) is 2. The summed E-state index contributed by atoms with van der Waals surface area (Å²) in [6.07, 6.45) is 5.34. The number of hydrogen-bond acceptors (Lipinski definition) is 8. The Morgan fingerprint density at radius 1 is 1.20 bits per heavy atom. The molecule has 0 bridgehead atoms. The number of amides is 1. The van der Waals surface area contributed by atoms with Gasteiger partial charge in [-0.15, -0.1) is 0 Å². The van der Waals surface area contributed by atoms with Crippen LogP contribution in [0.4, 0.5) is 16.6 Å². The molecule has 0 spiro atoms. The molecule has 3 heterocycles. The van der Waals surface area contributed by atoms with E-state index in [9.17, 15) is 4.79 Å². The lowest BCUT2D eigenvalue weighted by Gasteiger charge is -2.32. The fourth-order valence-corrected chi connectivity index (χ4v) is 4.19. The van der Waals surface area contributed by atoms with Gasteiger partial charge in [-0.05, 0) is 31.0 Å². The van der Waals surface area contributed by atoms with Gasteiger partial charge in [-0.1, -0.05) is 29.8 Å². The smallest absolute Gasteiger partial charge is 0.407 e. The van der Waals surface area contributed by atoms with Crippen LogP contribution in [0.25, 0.3) is 10.9 Å². The molecule has 9 nitrogen and oxygen atoms in total. The molecule has 0 radical (unpaired) electrons. The van der Waals surface area contributed by atoms with E-state index in [2.05, 4.69) is 30.5 Å². The maximum Gasteiger partial charge on any atom is 0.407 e. The second kappa shape index (κ2) is 12.5. The van der Waals surface area contributed by atoms with Crippen molar-refractivity contribution < 1.29 is 14.3 Å². The first-order valence-electron chi connectivity index (χ1n) is 12.0. The van der Waals surface area contributed by atoms with E-state index in [1.807, 2.05) is 37.3 Å². The van der Waals surface area contributed by atoms with Crippen LogP contribution in [0.5, 0.6) is 0 Å². The van der Waals surface area contributed by atoms with Crippen molar-refractivity contribution in [2.45, 2.75) is 38.8 Å². The minimum Gasteiger partial charge on any atom is -0.446 e. The molecule has 1 aliphatic rings. The third-order valence-corrected chi connectivity index (χ3v) is 6.21. The Kier molecular flexibility index (Phi) is 8.91. The highest BCUT2D eigenvalue weighted by Crippen LogP contribution is 2.27. The minimum absolute atomic E-state index is 0.106. The van der Waals surface area contributed by atoms with Crippen LogP contribution in [0.15, 0.2) is 42.7 Å². The van der Waals surface area contributed by atoms with Crippen molar-refractivity contribution in [3.05, 3.63) is 53.3 Å². The number of carbonyl (C=O) groups is 1. The van der Waals surface area contributed by atoms with Crippen molar-refractivity contribution in [1.29, 1.82) is 0 Å². The summed E-state index contributed by atoms with van der Waals surface area (Å²) in [4.78, 5) is 28.0. The Balaban J connectivity index is 1.31. The van der Waals surface area contributed by atoms with Gasteiger partial charge < -0.3 is 25.0 Å². The summed E-state index contributed by atoms with van der Waals surface area (Å²) in [7, 11) is 0. The molecule has 0 atom stereocenters. The lowest BCUT2D eigenvalue weighted by molar-refractivity contribution is 0.0820. The minimum atomic E-state index is -0.367. The molecule has 1 fully saturated rings. The molecule has 10 heteroatoms. The fourth-order valence-electron chi connectivity index (χ4n) is 3.98. The molecule has 0 unspecified atom stereocenters. The second-order valence-corrected chi connectivity index (χ2v) is 8.68. The Morgan fingerprint density at radius 3 is 2.83 bits per heavy atom. The number of nitrogens with zero attached hydrogens (tertiary/aromatic N) is 4. The number of pyridine rings is 1. The predicted molar refractivity (Wildman–Crippen MR) is 137 cm³/mol. The third kappa shape index (κ3) is 6.93. The normalized spacial score (nSPS) is 14.2. The zero-order valence-electron chi connectivity index (χ0n) is 19.9. The molecule has 0 saturated carbocycles. The predicted octanol–water partition coefficient (Wildman–Crippen LogP) is 4.41. The molecule has 2 aromatic heterocycles. The van der Waals surface area contributed by atoms with Gasteiger partial charge in [0.1, 0.15) is 11.9 Å². The number of carbonyl (C=O) groups excluding carboxylic acids is 1. The summed E-state index contributed by atoms with van der Waals surface area (Å²) >= 11 is 6.24. The van der Waals surface area contributed by atoms with Crippen molar-refractivity contribution in [1.82, 2.24) is 20.3 Å². The molecule has 1 amide bonds. The number of aromatic nitrogens is 3. The molecular formula is C25H31ClN6O3. The molecule has 2 N–H and O–H groups in total.